The van der Waals surface area contributed by atoms with E-state index in [4.69, 9.17) is 0 Å². The van der Waals surface area contributed by atoms with E-state index in [9.17, 15) is 14.0 Å². The molecule has 0 aliphatic carbocycles. The Balaban J connectivity index is 2.36. The van der Waals surface area contributed by atoms with Crippen LogP contribution in [0.25, 0.3) is 0 Å². The highest BCUT2D eigenvalue weighted by Crippen LogP contribution is 2.25. The molecule has 3 nitrogen and oxygen atoms in total. The van der Waals surface area contributed by atoms with Crippen LogP contribution in [0.4, 0.5) is 4.39 Å². The number of carbonyl (C=O) groups excluding carboxylic acids is 2. The summed E-state index contributed by atoms with van der Waals surface area (Å²) in [6.45, 7) is 0. The standard InChI is InChI=1S/C10H8FNO2/c11-8-4-2-1-3-6(8)7-5-9(13)12-10(7)14/h1-4,7H,5H2,(H,12,13,14)/t7-/m0/s1. The average Bonchev–Trinajstić information content (AvgIpc) is 2.46. The van der Waals surface area contributed by atoms with E-state index >= 15 is 0 Å². The summed E-state index contributed by atoms with van der Waals surface area (Å²) >= 11 is 0. The van der Waals surface area contributed by atoms with Gasteiger partial charge in [-0.2, -0.15) is 0 Å². The quantitative estimate of drug-likeness (QED) is 0.675. The summed E-state index contributed by atoms with van der Waals surface area (Å²) in [5, 5.41) is 2.15. The van der Waals surface area contributed by atoms with Crippen LogP contribution in [0.5, 0.6) is 0 Å². The van der Waals surface area contributed by atoms with Gasteiger partial charge < -0.3 is 0 Å². The molecule has 1 saturated heterocycles. The Morgan fingerprint density at radius 1 is 1.29 bits per heavy atom. The molecule has 1 fully saturated rings. The number of nitrogens with one attached hydrogen (secondary N) is 1. The summed E-state index contributed by atoms with van der Waals surface area (Å²) in [6.07, 6.45) is 0.0414. The third kappa shape index (κ3) is 1.39. The Hall–Kier alpha value is -1.71. The smallest absolute Gasteiger partial charge is 0.234 e. The second-order valence-corrected chi connectivity index (χ2v) is 3.19. The Morgan fingerprint density at radius 2 is 2.00 bits per heavy atom. The molecule has 14 heavy (non-hydrogen) atoms. The number of carbonyl (C=O) groups is 2. The van der Waals surface area contributed by atoms with Crippen LogP contribution < -0.4 is 5.32 Å². The molecule has 0 radical (unpaired) electrons. The van der Waals surface area contributed by atoms with Gasteiger partial charge in [-0.3, -0.25) is 14.9 Å². The highest BCUT2D eigenvalue weighted by molar-refractivity contribution is 6.06. The SMILES string of the molecule is O=C1C[C@@H](c2ccccc2F)C(=O)N1. The lowest BCUT2D eigenvalue weighted by atomic mass is 9.97. The molecule has 1 aliphatic rings. The molecule has 1 atom stereocenters. The lowest BCUT2D eigenvalue weighted by molar-refractivity contribution is -0.125. The molecule has 0 bridgehead atoms. The molecule has 1 N–H and O–H groups in total. The summed E-state index contributed by atoms with van der Waals surface area (Å²) < 4.78 is 13.3. The van der Waals surface area contributed by atoms with Gasteiger partial charge in [-0.15, -0.1) is 0 Å². The van der Waals surface area contributed by atoms with Crippen molar-refractivity contribution in [1.29, 1.82) is 0 Å². The molecule has 0 aromatic heterocycles. The number of imide groups is 1. The fourth-order valence-corrected chi connectivity index (χ4v) is 1.56. The first-order valence-electron chi connectivity index (χ1n) is 4.26. The minimum atomic E-state index is -0.663. The van der Waals surface area contributed by atoms with Crippen LogP contribution in [-0.4, -0.2) is 11.8 Å². The number of rotatable bonds is 1. The van der Waals surface area contributed by atoms with Crippen molar-refractivity contribution in [1.82, 2.24) is 5.32 Å². The van der Waals surface area contributed by atoms with Gasteiger partial charge >= 0.3 is 0 Å². The van der Waals surface area contributed by atoms with E-state index in [1.165, 1.54) is 12.1 Å². The van der Waals surface area contributed by atoms with Crippen molar-refractivity contribution >= 4 is 11.8 Å². The fourth-order valence-electron chi connectivity index (χ4n) is 1.56. The Bertz CT molecular complexity index is 403. The summed E-state index contributed by atoms with van der Waals surface area (Å²) in [7, 11) is 0. The van der Waals surface area contributed by atoms with Crippen molar-refractivity contribution in [2.24, 2.45) is 0 Å². The zero-order chi connectivity index (χ0) is 10.1. The normalized spacial score (nSPS) is 21.1. The van der Waals surface area contributed by atoms with Crippen molar-refractivity contribution in [2.45, 2.75) is 12.3 Å². The Labute approximate surface area is 79.9 Å². The maximum atomic E-state index is 13.3. The van der Waals surface area contributed by atoms with Crippen LogP contribution in [0.15, 0.2) is 24.3 Å². The Kier molecular flexibility index (Phi) is 2.04. The Morgan fingerprint density at radius 3 is 2.57 bits per heavy atom. The number of halogens is 1. The maximum absolute atomic E-state index is 13.3. The van der Waals surface area contributed by atoms with E-state index in [1.807, 2.05) is 0 Å². The minimum Gasteiger partial charge on any atom is -0.296 e. The van der Waals surface area contributed by atoms with E-state index in [-0.39, 0.29) is 17.9 Å². The van der Waals surface area contributed by atoms with Crippen LogP contribution in [-0.2, 0) is 9.59 Å². The monoisotopic (exact) mass is 193 g/mol. The molecule has 1 aromatic carbocycles. The molecular weight excluding hydrogens is 185 g/mol. The third-order valence-corrected chi connectivity index (χ3v) is 2.25. The fraction of sp³-hybridized carbons (Fsp3) is 0.200. The first-order valence-corrected chi connectivity index (χ1v) is 4.26. The van der Waals surface area contributed by atoms with E-state index in [0.29, 0.717) is 0 Å². The topological polar surface area (TPSA) is 46.2 Å². The van der Waals surface area contributed by atoms with Gasteiger partial charge in [-0.25, -0.2) is 4.39 Å². The molecular formula is C10H8FNO2. The van der Waals surface area contributed by atoms with E-state index in [2.05, 4.69) is 5.32 Å². The van der Waals surface area contributed by atoms with Crippen molar-refractivity contribution in [3.05, 3.63) is 35.6 Å². The maximum Gasteiger partial charge on any atom is 0.234 e. The molecule has 1 aromatic rings. The second kappa shape index (κ2) is 3.21. The van der Waals surface area contributed by atoms with Crippen LogP contribution in [0.2, 0.25) is 0 Å². The predicted octanol–water partition coefficient (Wildman–Crippen LogP) is 0.956. The summed E-state index contributed by atoms with van der Waals surface area (Å²) in [6, 6.07) is 6.01. The van der Waals surface area contributed by atoms with Gasteiger partial charge in [0.1, 0.15) is 5.82 Å². The number of amides is 2. The van der Waals surface area contributed by atoms with Gasteiger partial charge in [0, 0.05) is 12.0 Å². The number of hydrogen-bond donors (Lipinski definition) is 1. The first kappa shape index (κ1) is 8.87. The van der Waals surface area contributed by atoms with Crippen LogP contribution >= 0.6 is 0 Å². The molecule has 0 saturated carbocycles. The highest BCUT2D eigenvalue weighted by atomic mass is 19.1. The van der Waals surface area contributed by atoms with Gasteiger partial charge in [0.25, 0.3) is 0 Å². The highest BCUT2D eigenvalue weighted by Gasteiger charge is 2.33. The molecule has 72 valence electrons. The molecule has 0 unspecified atom stereocenters. The number of benzene rings is 1. The first-order chi connectivity index (χ1) is 6.68. The molecule has 4 heteroatoms. The molecule has 2 amide bonds. The molecule has 2 rings (SSSR count). The lowest BCUT2D eigenvalue weighted by Gasteiger charge is -2.06. The average molecular weight is 193 g/mol. The molecule has 0 spiro atoms. The van der Waals surface area contributed by atoms with Crippen LogP contribution in [0, 0.1) is 5.82 Å². The van der Waals surface area contributed by atoms with Gasteiger partial charge in [-0.05, 0) is 6.07 Å². The zero-order valence-corrected chi connectivity index (χ0v) is 7.29. The van der Waals surface area contributed by atoms with Crippen LogP contribution in [0.3, 0.4) is 0 Å². The lowest BCUT2D eigenvalue weighted by Crippen LogP contribution is -2.21. The van der Waals surface area contributed by atoms with Crippen molar-refractivity contribution in [3.63, 3.8) is 0 Å². The van der Waals surface area contributed by atoms with Gasteiger partial charge in [0.2, 0.25) is 11.8 Å². The van der Waals surface area contributed by atoms with Crippen LogP contribution in [0.1, 0.15) is 17.9 Å². The van der Waals surface area contributed by atoms with Crippen molar-refractivity contribution in [2.75, 3.05) is 0 Å². The van der Waals surface area contributed by atoms with E-state index < -0.39 is 17.6 Å². The summed E-state index contributed by atoms with van der Waals surface area (Å²) in [5.41, 5.74) is 0.288. The predicted molar refractivity (Wildman–Crippen MR) is 46.9 cm³/mol. The largest absolute Gasteiger partial charge is 0.296 e. The molecule has 1 aliphatic heterocycles. The minimum absolute atomic E-state index is 0.0414. The molecule has 1 heterocycles. The second-order valence-electron chi connectivity index (χ2n) is 3.19. The summed E-state index contributed by atoms with van der Waals surface area (Å²) in [5.74, 6) is -1.87. The van der Waals surface area contributed by atoms with E-state index in [0.717, 1.165) is 0 Å². The van der Waals surface area contributed by atoms with E-state index in [1.54, 1.807) is 12.1 Å². The number of hydrogen-bond acceptors (Lipinski definition) is 2. The zero-order valence-electron chi connectivity index (χ0n) is 7.29. The summed E-state index contributed by atoms with van der Waals surface area (Å²) in [4.78, 5) is 22.1. The van der Waals surface area contributed by atoms with Gasteiger partial charge in [0.15, 0.2) is 0 Å². The van der Waals surface area contributed by atoms with Crippen molar-refractivity contribution in [3.8, 4) is 0 Å². The van der Waals surface area contributed by atoms with Crippen molar-refractivity contribution < 1.29 is 14.0 Å². The van der Waals surface area contributed by atoms with Gasteiger partial charge in [-0.1, -0.05) is 18.2 Å². The third-order valence-electron chi connectivity index (χ3n) is 2.25. The van der Waals surface area contributed by atoms with Gasteiger partial charge in [0.05, 0.1) is 5.92 Å².